The number of esters is 1. The Morgan fingerprint density at radius 1 is 1.29 bits per heavy atom. The van der Waals surface area contributed by atoms with Crippen molar-refractivity contribution in [3.05, 3.63) is 35.9 Å². The molecular weight excluding hydrogens is 400 g/mol. The standard InChI is InChI=1S/C22H30N4O5/c1-15(2)10-18(31-21(29)24-12-16-8-6-5-7-9-16)19(27)25-22(13-23)11-17(20(28)30-4)26(3)14-22/h5-9,15,17-18H,10-12,14H2,1-4H3,(H,24,29)(H,25,27)/t17?,18-,22?/m0/s1. The van der Waals surface area contributed by atoms with E-state index in [9.17, 15) is 19.6 Å². The van der Waals surface area contributed by atoms with Crippen LogP contribution in [0.15, 0.2) is 30.3 Å². The Bertz CT molecular complexity index is 823. The fourth-order valence-electron chi connectivity index (χ4n) is 3.58. The number of nitriles is 1. The molecule has 0 radical (unpaired) electrons. The number of ether oxygens (including phenoxy) is 2. The Labute approximate surface area is 182 Å². The monoisotopic (exact) mass is 430 g/mol. The molecule has 1 aliphatic rings. The van der Waals surface area contributed by atoms with E-state index in [0.29, 0.717) is 6.42 Å². The van der Waals surface area contributed by atoms with Gasteiger partial charge in [0.15, 0.2) is 6.10 Å². The van der Waals surface area contributed by atoms with Crippen molar-refractivity contribution >= 4 is 18.0 Å². The lowest BCUT2D eigenvalue weighted by Crippen LogP contribution is -2.53. The molecule has 0 bridgehead atoms. The molecule has 1 fully saturated rings. The number of methoxy groups -OCH3 is 1. The van der Waals surface area contributed by atoms with Crippen LogP contribution in [0, 0.1) is 17.2 Å². The molecule has 1 aromatic carbocycles. The van der Waals surface area contributed by atoms with Crippen molar-refractivity contribution < 1.29 is 23.9 Å². The summed E-state index contributed by atoms with van der Waals surface area (Å²) in [6.45, 7) is 4.23. The average Bonchev–Trinajstić information content (AvgIpc) is 3.08. The van der Waals surface area contributed by atoms with Gasteiger partial charge in [0.2, 0.25) is 0 Å². The van der Waals surface area contributed by atoms with E-state index in [1.54, 1.807) is 11.9 Å². The predicted octanol–water partition coefficient (Wildman–Crippen LogP) is 1.58. The van der Waals surface area contributed by atoms with Crippen LogP contribution in [-0.4, -0.2) is 61.3 Å². The quantitative estimate of drug-likeness (QED) is 0.601. The molecule has 2 N–H and O–H groups in total. The molecule has 9 heteroatoms. The molecule has 0 saturated carbocycles. The molecule has 2 unspecified atom stereocenters. The topological polar surface area (TPSA) is 121 Å². The molecule has 0 aromatic heterocycles. The number of likely N-dealkylation sites (tertiary alicyclic amines) is 1. The maximum absolute atomic E-state index is 13.0. The van der Waals surface area contributed by atoms with Crippen molar-refractivity contribution in [2.75, 3.05) is 20.7 Å². The third kappa shape index (κ3) is 6.69. The molecule has 1 aliphatic heterocycles. The van der Waals surface area contributed by atoms with Crippen LogP contribution in [0.1, 0.15) is 32.3 Å². The molecule has 2 amide bonds. The van der Waals surface area contributed by atoms with Gasteiger partial charge in [0.25, 0.3) is 5.91 Å². The van der Waals surface area contributed by atoms with E-state index in [0.717, 1.165) is 5.56 Å². The number of carbonyl (C=O) groups is 3. The number of alkyl carbamates (subject to hydrolysis) is 1. The van der Waals surface area contributed by atoms with Crippen molar-refractivity contribution in [1.29, 1.82) is 5.26 Å². The van der Waals surface area contributed by atoms with Crippen molar-refractivity contribution in [1.82, 2.24) is 15.5 Å². The number of benzene rings is 1. The van der Waals surface area contributed by atoms with Gasteiger partial charge in [-0.2, -0.15) is 5.26 Å². The summed E-state index contributed by atoms with van der Waals surface area (Å²) in [6, 6.07) is 10.8. The van der Waals surface area contributed by atoms with E-state index in [-0.39, 0.29) is 25.4 Å². The second kappa shape index (κ2) is 10.8. The Kier molecular flexibility index (Phi) is 8.39. The lowest BCUT2D eigenvalue weighted by atomic mass is 9.96. The summed E-state index contributed by atoms with van der Waals surface area (Å²) >= 11 is 0. The van der Waals surface area contributed by atoms with Gasteiger partial charge in [-0.15, -0.1) is 0 Å². The van der Waals surface area contributed by atoms with E-state index < -0.39 is 35.7 Å². The van der Waals surface area contributed by atoms with E-state index in [2.05, 4.69) is 16.7 Å². The van der Waals surface area contributed by atoms with E-state index in [4.69, 9.17) is 9.47 Å². The molecule has 0 spiro atoms. The second-order valence-electron chi connectivity index (χ2n) is 8.20. The van der Waals surface area contributed by atoms with Crippen LogP contribution in [0.25, 0.3) is 0 Å². The minimum atomic E-state index is -1.27. The predicted molar refractivity (Wildman–Crippen MR) is 113 cm³/mol. The normalized spacial score (nSPS) is 21.7. The number of likely N-dealkylation sites (N-methyl/N-ethyl adjacent to an activating group) is 1. The number of hydrogen-bond acceptors (Lipinski definition) is 7. The molecule has 2 rings (SSSR count). The smallest absolute Gasteiger partial charge is 0.408 e. The fraction of sp³-hybridized carbons (Fsp3) is 0.545. The first kappa shape index (κ1) is 24.2. The summed E-state index contributed by atoms with van der Waals surface area (Å²) in [4.78, 5) is 38.9. The van der Waals surface area contributed by atoms with Crippen LogP contribution in [-0.2, 0) is 25.6 Å². The molecule has 9 nitrogen and oxygen atoms in total. The third-order valence-electron chi connectivity index (χ3n) is 5.15. The lowest BCUT2D eigenvalue weighted by Gasteiger charge is -2.26. The molecule has 0 aliphatic carbocycles. The minimum absolute atomic E-state index is 0.0739. The molecule has 1 aromatic rings. The molecule has 1 heterocycles. The highest BCUT2D eigenvalue weighted by Gasteiger charge is 2.48. The van der Waals surface area contributed by atoms with Gasteiger partial charge in [0, 0.05) is 19.5 Å². The van der Waals surface area contributed by atoms with E-state index in [1.807, 2.05) is 44.2 Å². The largest absolute Gasteiger partial charge is 0.468 e. The number of amides is 2. The number of carbonyl (C=O) groups excluding carboxylic acids is 3. The highest BCUT2D eigenvalue weighted by Crippen LogP contribution is 2.27. The van der Waals surface area contributed by atoms with Gasteiger partial charge in [-0.05, 0) is 24.9 Å². The molecule has 1 saturated heterocycles. The highest BCUT2D eigenvalue weighted by molar-refractivity contribution is 5.85. The zero-order valence-electron chi connectivity index (χ0n) is 18.4. The summed E-state index contributed by atoms with van der Waals surface area (Å²) in [5, 5.41) is 15.1. The molecule has 3 atom stereocenters. The summed E-state index contributed by atoms with van der Waals surface area (Å²) < 4.78 is 10.2. The van der Waals surface area contributed by atoms with Crippen LogP contribution in [0.3, 0.4) is 0 Å². The van der Waals surface area contributed by atoms with Crippen LogP contribution in [0.4, 0.5) is 4.79 Å². The van der Waals surface area contributed by atoms with Gasteiger partial charge < -0.3 is 20.1 Å². The average molecular weight is 431 g/mol. The zero-order valence-corrected chi connectivity index (χ0v) is 18.4. The van der Waals surface area contributed by atoms with Crippen LogP contribution >= 0.6 is 0 Å². The first-order valence-electron chi connectivity index (χ1n) is 10.2. The first-order valence-corrected chi connectivity index (χ1v) is 10.2. The Balaban J connectivity index is 2.04. The van der Waals surface area contributed by atoms with Crippen LogP contribution in [0.5, 0.6) is 0 Å². The maximum atomic E-state index is 13.0. The first-order chi connectivity index (χ1) is 14.7. The fourth-order valence-corrected chi connectivity index (χ4v) is 3.58. The molecular formula is C22H30N4O5. The van der Waals surface area contributed by atoms with Crippen molar-refractivity contribution in [2.45, 2.75) is 50.9 Å². The van der Waals surface area contributed by atoms with Crippen molar-refractivity contribution in [3.8, 4) is 6.07 Å². The zero-order chi connectivity index (χ0) is 23.0. The Morgan fingerprint density at radius 3 is 2.55 bits per heavy atom. The highest BCUT2D eigenvalue weighted by atomic mass is 16.6. The van der Waals surface area contributed by atoms with Crippen molar-refractivity contribution in [3.63, 3.8) is 0 Å². The third-order valence-corrected chi connectivity index (χ3v) is 5.15. The number of hydrogen-bond donors (Lipinski definition) is 2. The van der Waals surface area contributed by atoms with E-state index >= 15 is 0 Å². The van der Waals surface area contributed by atoms with Gasteiger partial charge in [-0.3, -0.25) is 14.5 Å². The van der Waals surface area contributed by atoms with Gasteiger partial charge in [0.05, 0.1) is 13.2 Å². The van der Waals surface area contributed by atoms with Gasteiger partial charge >= 0.3 is 12.1 Å². The summed E-state index contributed by atoms with van der Waals surface area (Å²) in [5.41, 5.74) is -0.375. The molecule has 31 heavy (non-hydrogen) atoms. The minimum Gasteiger partial charge on any atom is -0.468 e. The summed E-state index contributed by atoms with van der Waals surface area (Å²) in [6.07, 6.45) is -1.40. The Morgan fingerprint density at radius 2 is 1.97 bits per heavy atom. The number of rotatable bonds is 8. The summed E-state index contributed by atoms with van der Waals surface area (Å²) in [7, 11) is 2.97. The summed E-state index contributed by atoms with van der Waals surface area (Å²) in [5.74, 6) is -0.960. The van der Waals surface area contributed by atoms with Crippen LogP contribution < -0.4 is 10.6 Å². The number of nitrogens with one attached hydrogen (secondary N) is 2. The maximum Gasteiger partial charge on any atom is 0.408 e. The molecule has 168 valence electrons. The number of nitrogens with zero attached hydrogens (tertiary/aromatic N) is 2. The van der Waals surface area contributed by atoms with Gasteiger partial charge in [0.1, 0.15) is 11.6 Å². The Hall–Kier alpha value is -3.12. The second-order valence-corrected chi connectivity index (χ2v) is 8.20. The van der Waals surface area contributed by atoms with Gasteiger partial charge in [-0.1, -0.05) is 44.2 Å². The SMILES string of the molecule is COC(=O)C1CC(C#N)(NC(=O)[C@H](CC(C)C)OC(=O)NCc2ccccc2)CN1C. The van der Waals surface area contributed by atoms with E-state index in [1.165, 1.54) is 7.11 Å². The van der Waals surface area contributed by atoms with Gasteiger partial charge in [-0.25, -0.2) is 4.79 Å². The lowest BCUT2D eigenvalue weighted by molar-refractivity contribution is -0.145. The van der Waals surface area contributed by atoms with Crippen LogP contribution in [0.2, 0.25) is 0 Å². The van der Waals surface area contributed by atoms with Crippen molar-refractivity contribution in [2.24, 2.45) is 5.92 Å².